The molecule has 150 valence electrons. The van der Waals surface area contributed by atoms with Gasteiger partial charge in [-0.15, -0.1) is 0 Å². The number of anilines is 1. The smallest absolute Gasteiger partial charge is 0.282 e. The Morgan fingerprint density at radius 2 is 1.52 bits per heavy atom. The minimum absolute atomic E-state index is 0.200. The average molecular weight is 389 g/mol. The minimum Gasteiger partial charge on any atom is -0.366 e. The van der Waals surface area contributed by atoms with Crippen molar-refractivity contribution < 1.29 is 9.59 Å². The van der Waals surface area contributed by atoms with Crippen LogP contribution in [0.15, 0.2) is 54.2 Å². The SMILES string of the molecule is CCCCc1ccc(N2C(=O)C(c3ccc(C)cc3)=C(N3CCCC3)C2=O)cc1. The van der Waals surface area contributed by atoms with E-state index in [0.29, 0.717) is 17.0 Å². The average Bonchev–Trinajstić information content (AvgIpc) is 3.34. The highest BCUT2D eigenvalue weighted by molar-refractivity contribution is 6.45. The zero-order chi connectivity index (χ0) is 20.4. The molecule has 4 heteroatoms. The third kappa shape index (κ3) is 3.71. The van der Waals surface area contributed by atoms with Crippen LogP contribution in [-0.4, -0.2) is 29.8 Å². The maximum atomic E-state index is 13.4. The number of carbonyl (C=O) groups excluding carboxylic acids is 2. The van der Waals surface area contributed by atoms with Crippen molar-refractivity contribution in [2.75, 3.05) is 18.0 Å². The van der Waals surface area contributed by atoms with Gasteiger partial charge in [-0.05, 0) is 55.9 Å². The van der Waals surface area contributed by atoms with E-state index in [-0.39, 0.29) is 11.8 Å². The lowest BCUT2D eigenvalue weighted by Gasteiger charge is -2.20. The summed E-state index contributed by atoms with van der Waals surface area (Å²) in [6.07, 6.45) is 5.41. The van der Waals surface area contributed by atoms with E-state index < -0.39 is 0 Å². The molecule has 0 N–H and O–H groups in total. The standard InChI is InChI=1S/C25H28N2O2/c1-3-4-7-19-10-14-21(15-11-19)27-24(28)22(20-12-8-18(2)9-13-20)23(25(27)29)26-16-5-6-17-26/h8-15H,3-7,16-17H2,1-2H3. The first-order valence-corrected chi connectivity index (χ1v) is 10.6. The van der Waals surface area contributed by atoms with Gasteiger partial charge in [-0.3, -0.25) is 9.59 Å². The van der Waals surface area contributed by atoms with Crippen molar-refractivity contribution in [3.05, 3.63) is 70.9 Å². The van der Waals surface area contributed by atoms with Gasteiger partial charge in [0, 0.05) is 13.1 Å². The van der Waals surface area contributed by atoms with E-state index >= 15 is 0 Å². The molecule has 0 aliphatic carbocycles. The number of aryl methyl sites for hydroxylation is 2. The van der Waals surface area contributed by atoms with Crippen LogP contribution >= 0.6 is 0 Å². The van der Waals surface area contributed by atoms with Crippen LogP contribution in [0.1, 0.15) is 49.3 Å². The quantitative estimate of drug-likeness (QED) is 0.673. The second-order valence-corrected chi connectivity index (χ2v) is 8.00. The Hall–Kier alpha value is -2.88. The zero-order valence-corrected chi connectivity index (χ0v) is 17.3. The van der Waals surface area contributed by atoms with E-state index in [1.807, 2.05) is 55.5 Å². The number of hydrogen-bond acceptors (Lipinski definition) is 3. The van der Waals surface area contributed by atoms with Gasteiger partial charge >= 0.3 is 0 Å². The lowest BCUT2D eigenvalue weighted by molar-refractivity contribution is -0.120. The second-order valence-electron chi connectivity index (χ2n) is 8.00. The number of carbonyl (C=O) groups is 2. The van der Waals surface area contributed by atoms with Crippen LogP contribution in [0.25, 0.3) is 5.57 Å². The summed E-state index contributed by atoms with van der Waals surface area (Å²) < 4.78 is 0. The number of unbranched alkanes of at least 4 members (excludes halogenated alkanes) is 1. The molecule has 0 radical (unpaired) electrons. The number of hydrogen-bond donors (Lipinski definition) is 0. The van der Waals surface area contributed by atoms with Crippen LogP contribution in [0.3, 0.4) is 0 Å². The zero-order valence-electron chi connectivity index (χ0n) is 17.3. The maximum absolute atomic E-state index is 13.4. The van der Waals surface area contributed by atoms with Crippen molar-refractivity contribution in [3.8, 4) is 0 Å². The van der Waals surface area contributed by atoms with Crippen LogP contribution in [-0.2, 0) is 16.0 Å². The first kappa shape index (κ1) is 19.4. The molecule has 0 spiro atoms. The summed E-state index contributed by atoms with van der Waals surface area (Å²) >= 11 is 0. The van der Waals surface area contributed by atoms with Crippen LogP contribution in [0.5, 0.6) is 0 Å². The molecule has 0 saturated carbocycles. The summed E-state index contributed by atoms with van der Waals surface area (Å²) in [7, 11) is 0. The van der Waals surface area contributed by atoms with Gasteiger partial charge in [0.2, 0.25) is 0 Å². The number of nitrogens with zero attached hydrogens (tertiary/aromatic N) is 2. The topological polar surface area (TPSA) is 40.6 Å². The van der Waals surface area contributed by atoms with E-state index in [2.05, 4.69) is 11.8 Å². The van der Waals surface area contributed by atoms with Gasteiger partial charge in [0.25, 0.3) is 11.8 Å². The summed E-state index contributed by atoms with van der Waals surface area (Å²) in [6.45, 7) is 5.85. The molecule has 29 heavy (non-hydrogen) atoms. The minimum atomic E-state index is -0.220. The molecule has 0 bridgehead atoms. The van der Waals surface area contributed by atoms with Crippen LogP contribution in [0, 0.1) is 6.92 Å². The predicted molar refractivity (Wildman–Crippen MR) is 116 cm³/mol. The highest BCUT2D eigenvalue weighted by Crippen LogP contribution is 2.36. The Labute approximate surface area is 172 Å². The largest absolute Gasteiger partial charge is 0.366 e. The van der Waals surface area contributed by atoms with Crippen molar-refractivity contribution in [2.45, 2.75) is 46.0 Å². The molecule has 2 aromatic carbocycles. The van der Waals surface area contributed by atoms with E-state index in [1.165, 1.54) is 10.5 Å². The molecule has 1 saturated heterocycles. The van der Waals surface area contributed by atoms with Crippen LogP contribution < -0.4 is 4.90 Å². The number of likely N-dealkylation sites (tertiary alicyclic amines) is 1. The highest BCUT2D eigenvalue weighted by atomic mass is 16.2. The van der Waals surface area contributed by atoms with Gasteiger partial charge < -0.3 is 4.90 Å². The molecule has 4 rings (SSSR count). The lowest BCUT2D eigenvalue weighted by atomic mass is 10.0. The van der Waals surface area contributed by atoms with Crippen LogP contribution in [0.4, 0.5) is 5.69 Å². The molecule has 0 atom stereocenters. The summed E-state index contributed by atoms with van der Waals surface area (Å²) in [6, 6.07) is 15.8. The molecule has 2 amide bonds. The normalized spacial score (nSPS) is 17.0. The van der Waals surface area contributed by atoms with E-state index in [1.54, 1.807) is 0 Å². The first-order valence-electron chi connectivity index (χ1n) is 10.6. The number of benzene rings is 2. The Morgan fingerprint density at radius 3 is 2.14 bits per heavy atom. The Bertz CT molecular complexity index is 936. The molecule has 2 aliphatic heterocycles. The third-order valence-corrected chi connectivity index (χ3v) is 5.84. The maximum Gasteiger partial charge on any atom is 0.282 e. The molecule has 2 heterocycles. The molecule has 2 aromatic rings. The van der Waals surface area contributed by atoms with Crippen molar-refractivity contribution >= 4 is 23.1 Å². The molecule has 4 nitrogen and oxygen atoms in total. The van der Waals surface area contributed by atoms with Gasteiger partial charge in [-0.1, -0.05) is 55.3 Å². The lowest BCUT2D eigenvalue weighted by Crippen LogP contribution is -2.34. The number of rotatable bonds is 6. The fourth-order valence-corrected chi connectivity index (χ4v) is 4.16. The van der Waals surface area contributed by atoms with Crippen molar-refractivity contribution in [3.63, 3.8) is 0 Å². The fraction of sp³-hybridized carbons (Fsp3) is 0.360. The second kappa shape index (κ2) is 8.24. The van der Waals surface area contributed by atoms with Gasteiger partial charge in [0.15, 0.2) is 0 Å². The van der Waals surface area contributed by atoms with Crippen molar-refractivity contribution in [1.82, 2.24) is 4.90 Å². The summed E-state index contributed by atoms with van der Waals surface area (Å²) in [4.78, 5) is 30.3. The summed E-state index contributed by atoms with van der Waals surface area (Å²) in [5.74, 6) is -0.421. The number of imide groups is 1. The molecule has 0 unspecified atom stereocenters. The third-order valence-electron chi connectivity index (χ3n) is 5.84. The van der Waals surface area contributed by atoms with E-state index in [9.17, 15) is 9.59 Å². The fourth-order valence-electron chi connectivity index (χ4n) is 4.16. The molecular weight excluding hydrogens is 360 g/mol. The van der Waals surface area contributed by atoms with Gasteiger partial charge in [0.05, 0.1) is 11.3 Å². The number of amides is 2. The predicted octanol–water partition coefficient (Wildman–Crippen LogP) is 4.72. The Balaban J connectivity index is 1.71. The van der Waals surface area contributed by atoms with E-state index in [4.69, 9.17) is 0 Å². The molecule has 0 aromatic heterocycles. The highest BCUT2D eigenvalue weighted by Gasteiger charge is 2.42. The van der Waals surface area contributed by atoms with Gasteiger partial charge in [0.1, 0.15) is 5.70 Å². The molecule has 1 fully saturated rings. The monoisotopic (exact) mass is 388 g/mol. The Morgan fingerprint density at radius 1 is 0.862 bits per heavy atom. The summed E-state index contributed by atoms with van der Waals surface area (Å²) in [5.41, 5.74) is 4.94. The van der Waals surface area contributed by atoms with Gasteiger partial charge in [-0.25, -0.2) is 4.90 Å². The van der Waals surface area contributed by atoms with Crippen LogP contribution in [0.2, 0.25) is 0 Å². The first-order chi connectivity index (χ1) is 14.1. The summed E-state index contributed by atoms with van der Waals surface area (Å²) in [5, 5.41) is 0. The Kier molecular flexibility index (Phi) is 5.52. The van der Waals surface area contributed by atoms with Crippen molar-refractivity contribution in [1.29, 1.82) is 0 Å². The van der Waals surface area contributed by atoms with Gasteiger partial charge in [-0.2, -0.15) is 0 Å². The van der Waals surface area contributed by atoms with Crippen molar-refractivity contribution in [2.24, 2.45) is 0 Å². The molecule has 2 aliphatic rings. The van der Waals surface area contributed by atoms with E-state index in [0.717, 1.165) is 56.3 Å². The molecular formula is C25H28N2O2.